The minimum Gasteiger partial charge on any atom is -0.496 e. The molecule has 0 amide bonds. The summed E-state index contributed by atoms with van der Waals surface area (Å²) in [5, 5.41) is 19.1. The molecule has 1 aromatic carbocycles. The monoisotopic (exact) mass is 265 g/mol. The molecule has 1 aromatic rings. The van der Waals surface area contributed by atoms with Crippen LogP contribution in [0.25, 0.3) is 0 Å². The van der Waals surface area contributed by atoms with E-state index in [1.165, 1.54) is 5.56 Å². The van der Waals surface area contributed by atoms with Crippen molar-refractivity contribution in [2.75, 3.05) is 26.8 Å². The van der Waals surface area contributed by atoms with Gasteiger partial charge >= 0.3 is 0 Å². The third-order valence-corrected chi connectivity index (χ3v) is 3.92. The number of methoxy groups -OCH3 is 1. The topological polar surface area (TPSA) is 52.9 Å². The number of aliphatic hydroxyl groups excluding tert-OH is 2. The Bertz CT molecular complexity index is 422. The number of likely N-dealkylation sites (tertiary alicyclic amines) is 1. The van der Waals surface area contributed by atoms with E-state index in [4.69, 9.17) is 9.84 Å². The summed E-state index contributed by atoms with van der Waals surface area (Å²) in [6.45, 7) is 4.46. The van der Waals surface area contributed by atoms with E-state index in [1.807, 2.05) is 6.92 Å². The highest BCUT2D eigenvalue weighted by Crippen LogP contribution is 2.22. The number of ether oxygens (including phenoxy) is 1. The van der Waals surface area contributed by atoms with Crippen LogP contribution in [0.5, 0.6) is 5.75 Å². The van der Waals surface area contributed by atoms with E-state index in [-0.39, 0.29) is 12.5 Å². The molecular formula is C15H23NO3. The molecule has 2 atom stereocenters. The molecule has 1 aliphatic rings. The Morgan fingerprint density at radius 3 is 2.84 bits per heavy atom. The first kappa shape index (κ1) is 14.3. The van der Waals surface area contributed by atoms with Crippen molar-refractivity contribution in [2.24, 2.45) is 5.92 Å². The number of benzene rings is 1. The Morgan fingerprint density at radius 2 is 2.21 bits per heavy atom. The first-order valence-corrected chi connectivity index (χ1v) is 6.79. The zero-order chi connectivity index (χ0) is 13.8. The van der Waals surface area contributed by atoms with Gasteiger partial charge in [-0.1, -0.05) is 12.1 Å². The fourth-order valence-corrected chi connectivity index (χ4v) is 2.62. The van der Waals surface area contributed by atoms with Crippen LogP contribution in [0.1, 0.15) is 17.5 Å². The molecule has 0 saturated carbocycles. The largest absolute Gasteiger partial charge is 0.496 e. The van der Waals surface area contributed by atoms with Crippen LogP contribution in [-0.4, -0.2) is 48.0 Å². The van der Waals surface area contributed by atoms with Gasteiger partial charge in [0.1, 0.15) is 5.75 Å². The quantitative estimate of drug-likeness (QED) is 0.858. The Hall–Kier alpha value is -1.10. The normalized spacial score (nSPS) is 24.4. The summed E-state index contributed by atoms with van der Waals surface area (Å²) in [7, 11) is 1.68. The molecule has 1 aliphatic heterocycles. The standard InChI is InChI=1S/C15H23NO3/c1-11-3-4-12(7-15(11)19-2)8-16-6-5-13(10-17)14(18)9-16/h3-4,7,13-14,17-18H,5-6,8-10H2,1-2H3/t13-,14-/m1/s1. The molecule has 1 heterocycles. The zero-order valence-electron chi connectivity index (χ0n) is 11.7. The third-order valence-electron chi connectivity index (χ3n) is 3.92. The van der Waals surface area contributed by atoms with Gasteiger partial charge in [-0.05, 0) is 37.1 Å². The van der Waals surface area contributed by atoms with Crippen LogP contribution in [-0.2, 0) is 6.54 Å². The lowest BCUT2D eigenvalue weighted by Crippen LogP contribution is -2.44. The summed E-state index contributed by atoms with van der Waals surface area (Å²) in [5.41, 5.74) is 2.32. The molecule has 4 heteroatoms. The number of piperidine rings is 1. The second kappa shape index (κ2) is 6.37. The maximum absolute atomic E-state index is 9.94. The van der Waals surface area contributed by atoms with Crippen molar-refractivity contribution in [1.82, 2.24) is 4.90 Å². The van der Waals surface area contributed by atoms with E-state index >= 15 is 0 Å². The zero-order valence-corrected chi connectivity index (χ0v) is 11.7. The highest BCUT2D eigenvalue weighted by Gasteiger charge is 2.26. The number of aryl methyl sites for hydroxylation is 1. The van der Waals surface area contributed by atoms with Gasteiger partial charge in [0.25, 0.3) is 0 Å². The van der Waals surface area contributed by atoms with Crippen LogP contribution in [0.2, 0.25) is 0 Å². The van der Waals surface area contributed by atoms with Gasteiger partial charge in [0, 0.05) is 25.6 Å². The molecule has 0 bridgehead atoms. The van der Waals surface area contributed by atoms with E-state index in [1.54, 1.807) is 7.11 Å². The molecule has 2 rings (SSSR count). The predicted molar refractivity (Wildman–Crippen MR) is 74.2 cm³/mol. The number of hydrogen-bond donors (Lipinski definition) is 2. The average Bonchev–Trinajstić information content (AvgIpc) is 2.41. The fourth-order valence-electron chi connectivity index (χ4n) is 2.62. The summed E-state index contributed by atoms with van der Waals surface area (Å²) in [5.74, 6) is 0.937. The Kier molecular flexibility index (Phi) is 4.80. The molecule has 0 aliphatic carbocycles. The van der Waals surface area contributed by atoms with Gasteiger partial charge in [-0.2, -0.15) is 0 Å². The van der Waals surface area contributed by atoms with Gasteiger partial charge in [-0.25, -0.2) is 0 Å². The van der Waals surface area contributed by atoms with Crippen molar-refractivity contribution in [1.29, 1.82) is 0 Å². The predicted octanol–water partition coefficient (Wildman–Crippen LogP) is 1.18. The van der Waals surface area contributed by atoms with Crippen molar-refractivity contribution in [3.8, 4) is 5.75 Å². The van der Waals surface area contributed by atoms with Crippen LogP contribution in [0.3, 0.4) is 0 Å². The number of rotatable bonds is 4. The van der Waals surface area contributed by atoms with Crippen molar-refractivity contribution in [3.05, 3.63) is 29.3 Å². The second-order valence-electron chi connectivity index (χ2n) is 5.34. The van der Waals surface area contributed by atoms with Gasteiger partial charge in [-0.15, -0.1) is 0 Å². The Morgan fingerprint density at radius 1 is 1.42 bits per heavy atom. The second-order valence-corrected chi connectivity index (χ2v) is 5.34. The number of hydrogen-bond acceptors (Lipinski definition) is 4. The molecule has 2 N–H and O–H groups in total. The molecule has 0 unspecified atom stereocenters. The number of aliphatic hydroxyl groups is 2. The van der Waals surface area contributed by atoms with Gasteiger partial charge < -0.3 is 14.9 Å². The molecule has 0 radical (unpaired) electrons. The van der Waals surface area contributed by atoms with Crippen molar-refractivity contribution < 1.29 is 14.9 Å². The van der Waals surface area contributed by atoms with Crippen LogP contribution in [0.4, 0.5) is 0 Å². The summed E-state index contributed by atoms with van der Waals surface area (Å²) in [4.78, 5) is 2.22. The fraction of sp³-hybridized carbons (Fsp3) is 0.600. The van der Waals surface area contributed by atoms with Crippen LogP contribution < -0.4 is 4.74 Å². The molecular weight excluding hydrogens is 242 g/mol. The maximum atomic E-state index is 9.94. The van der Waals surface area contributed by atoms with Gasteiger partial charge in [0.15, 0.2) is 0 Å². The lowest BCUT2D eigenvalue weighted by molar-refractivity contribution is -0.00445. The van der Waals surface area contributed by atoms with Gasteiger partial charge in [-0.3, -0.25) is 4.90 Å². The van der Waals surface area contributed by atoms with E-state index in [0.717, 1.165) is 30.8 Å². The van der Waals surface area contributed by atoms with Crippen molar-refractivity contribution in [3.63, 3.8) is 0 Å². The molecule has 1 fully saturated rings. The lowest BCUT2D eigenvalue weighted by Gasteiger charge is -2.35. The molecule has 19 heavy (non-hydrogen) atoms. The molecule has 0 spiro atoms. The van der Waals surface area contributed by atoms with E-state index < -0.39 is 6.10 Å². The first-order chi connectivity index (χ1) is 9.13. The highest BCUT2D eigenvalue weighted by atomic mass is 16.5. The van der Waals surface area contributed by atoms with Gasteiger partial charge in [0.2, 0.25) is 0 Å². The lowest BCUT2D eigenvalue weighted by atomic mass is 9.94. The highest BCUT2D eigenvalue weighted by molar-refractivity contribution is 5.36. The van der Waals surface area contributed by atoms with E-state index in [2.05, 4.69) is 23.1 Å². The van der Waals surface area contributed by atoms with Crippen molar-refractivity contribution in [2.45, 2.75) is 26.0 Å². The minimum absolute atomic E-state index is 0.0313. The maximum Gasteiger partial charge on any atom is 0.122 e. The minimum atomic E-state index is -0.425. The summed E-state index contributed by atoms with van der Waals surface area (Å²) in [6.07, 6.45) is 0.423. The van der Waals surface area contributed by atoms with Gasteiger partial charge in [0.05, 0.1) is 13.2 Å². The Balaban J connectivity index is 1.98. The van der Waals surface area contributed by atoms with Crippen LogP contribution >= 0.6 is 0 Å². The van der Waals surface area contributed by atoms with Crippen LogP contribution in [0, 0.1) is 12.8 Å². The first-order valence-electron chi connectivity index (χ1n) is 6.79. The van der Waals surface area contributed by atoms with E-state index in [0.29, 0.717) is 6.54 Å². The summed E-state index contributed by atoms with van der Waals surface area (Å²) < 4.78 is 5.33. The third kappa shape index (κ3) is 3.47. The smallest absolute Gasteiger partial charge is 0.122 e. The summed E-state index contributed by atoms with van der Waals surface area (Å²) in [6, 6.07) is 6.22. The van der Waals surface area contributed by atoms with Crippen molar-refractivity contribution >= 4 is 0 Å². The van der Waals surface area contributed by atoms with E-state index in [9.17, 15) is 5.11 Å². The Labute approximate surface area is 114 Å². The average molecular weight is 265 g/mol. The molecule has 0 aromatic heterocycles. The number of β-amino-alcohol motifs (C(OH)–C–C–N with tert-alkyl or cyclic N) is 1. The number of nitrogens with zero attached hydrogens (tertiary/aromatic N) is 1. The molecule has 4 nitrogen and oxygen atoms in total. The summed E-state index contributed by atoms with van der Waals surface area (Å²) >= 11 is 0. The SMILES string of the molecule is COc1cc(CN2CC[C@H](CO)[C@H](O)C2)ccc1C. The molecule has 1 saturated heterocycles. The molecule has 106 valence electrons. The van der Waals surface area contributed by atoms with Crippen LogP contribution in [0.15, 0.2) is 18.2 Å².